The van der Waals surface area contributed by atoms with Crippen molar-refractivity contribution in [2.75, 3.05) is 5.32 Å². The molecule has 0 saturated carbocycles. The van der Waals surface area contributed by atoms with Crippen molar-refractivity contribution in [1.82, 2.24) is 25.1 Å². The number of anilines is 1. The van der Waals surface area contributed by atoms with Gasteiger partial charge in [0, 0.05) is 37.8 Å². The van der Waals surface area contributed by atoms with Crippen LogP contribution in [-0.4, -0.2) is 31.7 Å². The zero-order valence-corrected chi connectivity index (χ0v) is 15.2. The molecule has 4 rings (SSSR count). The van der Waals surface area contributed by atoms with Gasteiger partial charge in [-0.25, -0.2) is 9.97 Å². The SMILES string of the molecule is Cn1cc([C@@H]2NC(=O)CC[C@H]2Nc2ccnc(Cc3ccccc3)n2)cn1. The Hall–Kier alpha value is -3.22. The molecule has 1 aliphatic rings. The predicted octanol–water partition coefficient (Wildman–Crippen LogP) is 2.23. The van der Waals surface area contributed by atoms with Crippen LogP contribution in [0.15, 0.2) is 55.0 Å². The van der Waals surface area contributed by atoms with Crippen LogP contribution in [0.25, 0.3) is 0 Å². The first-order valence-corrected chi connectivity index (χ1v) is 9.08. The summed E-state index contributed by atoms with van der Waals surface area (Å²) in [7, 11) is 1.87. The number of hydrogen-bond acceptors (Lipinski definition) is 5. The van der Waals surface area contributed by atoms with Crippen molar-refractivity contribution < 1.29 is 4.79 Å². The van der Waals surface area contributed by atoms with Crippen molar-refractivity contribution in [1.29, 1.82) is 0 Å². The van der Waals surface area contributed by atoms with Crippen LogP contribution in [0.5, 0.6) is 0 Å². The Bertz CT molecular complexity index is 923. The molecule has 2 N–H and O–H groups in total. The molecule has 0 aliphatic carbocycles. The fourth-order valence-electron chi connectivity index (χ4n) is 3.40. The summed E-state index contributed by atoms with van der Waals surface area (Å²) in [5.41, 5.74) is 2.16. The maximum atomic E-state index is 11.9. The normalized spacial score (nSPS) is 19.5. The van der Waals surface area contributed by atoms with E-state index in [0.717, 1.165) is 23.6 Å². The molecule has 7 nitrogen and oxygen atoms in total. The van der Waals surface area contributed by atoms with Crippen molar-refractivity contribution in [3.05, 3.63) is 71.9 Å². The van der Waals surface area contributed by atoms with Crippen LogP contribution in [0.1, 0.15) is 35.8 Å². The summed E-state index contributed by atoms with van der Waals surface area (Å²) in [6.07, 6.45) is 7.43. The Balaban J connectivity index is 1.51. The van der Waals surface area contributed by atoms with Crippen molar-refractivity contribution in [2.24, 2.45) is 7.05 Å². The van der Waals surface area contributed by atoms with E-state index in [9.17, 15) is 4.79 Å². The maximum absolute atomic E-state index is 11.9. The summed E-state index contributed by atoms with van der Waals surface area (Å²) in [6, 6.07) is 11.9. The van der Waals surface area contributed by atoms with Crippen molar-refractivity contribution in [3.8, 4) is 0 Å². The lowest BCUT2D eigenvalue weighted by Gasteiger charge is -2.32. The largest absolute Gasteiger partial charge is 0.365 e. The monoisotopic (exact) mass is 362 g/mol. The van der Waals surface area contributed by atoms with E-state index >= 15 is 0 Å². The second kappa shape index (κ2) is 7.57. The summed E-state index contributed by atoms with van der Waals surface area (Å²) in [5, 5.41) is 10.8. The second-order valence-electron chi connectivity index (χ2n) is 6.80. The molecule has 7 heteroatoms. The lowest BCUT2D eigenvalue weighted by Crippen LogP contribution is -2.45. The highest BCUT2D eigenvalue weighted by Gasteiger charge is 2.31. The van der Waals surface area contributed by atoms with Crippen LogP contribution >= 0.6 is 0 Å². The first kappa shape index (κ1) is 17.2. The molecule has 0 spiro atoms. The molecule has 0 unspecified atom stereocenters. The number of aromatic nitrogens is 4. The fraction of sp³-hybridized carbons (Fsp3) is 0.300. The van der Waals surface area contributed by atoms with Gasteiger partial charge in [-0.3, -0.25) is 9.48 Å². The van der Waals surface area contributed by atoms with Gasteiger partial charge in [-0.15, -0.1) is 0 Å². The van der Waals surface area contributed by atoms with Crippen LogP contribution in [0, 0.1) is 0 Å². The van der Waals surface area contributed by atoms with Gasteiger partial charge >= 0.3 is 0 Å². The van der Waals surface area contributed by atoms with Crippen molar-refractivity contribution in [2.45, 2.75) is 31.3 Å². The average molecular weight is 362 g/mol. The summed E-state index contributed by atoms with van der Waals surface area (Å²) >= 11 is 0. The Labute approximate surface area is 157 Å². The topological polar surface area (TPSA) is 84.7 Å². The van der Waals surface area contributed by atoms with E-state index in [2.05, 4.69) is 37.8 Å². The van der Waals surface area contributed by atoms with Crippen LogP contribution in [0.3, 0.4) is 0 Å². The zero-order valence-electron chi connectivity index (χ0n) is 15.2. The molecule has 1 aliphatic heterocycles. The van der Waals surface area contributed by atoms with Gasteiger partial charge < -0.3 is 10.6 Å². The molecule has 3 aromatic rings. The highest BCUT2D eigenvalue weighted by atomic mass is 16.1. The summed E-state index contributed by atoms with van der Waals surface area (Å²) < 4.78 is 1.75. The number of nitrogens with zero attached hydrogens (tertiary/aromatic N) is 4. The number of nitrogens with one attached hydrogen (secondary N) is 2. The average Bonchev–Trinajstić information content (AvgIpc) is 3.11. The van der Waals surface area contributed by atoms with Gasteiger partial charge in [0.25, 0.3) is 0 Å². The van der Waals surface area contributed by atoms with Gasteiger partial charge in [0.15, 0.2) is 0 Å². The fourth-order valence-corrected chi connectivity index (χ4v) is 3.40. The van der Waals surface area contributed by atoms with E-state index in [1.54, 1.807) is 17.1 Å². The summed E-state index contributed by atoms with van der Waals surface area (Å²) in [4.78, 5) is 21.0. The minimum Gasteiger partial charge on any atom is -0.365 e. The van der Waals surface area contributed by atoms with E-state index in [4.69, 9.17) is 0 Å². The molecule has 1 aromatic carbocycles. The minimum atomic E-state index is -0.132. The van der Waals surface area contributed by atoms with E-state index in [-0.39, 0.29) is 18.0 Å². The lowest BCUT2D eigenvalue weighted by molar-refractivity contribution is -0.123. The number of rotatable bonds is 5. The highest BCUT2D eigenvalue weighted by molar-refractivity contribution is 5.77. The second-order valence-corrected chi connectivity index (χ2v) is 6.80. The number of benzene rings is 1. The van der Waals surface area contributed by atoms with Crippen LogP contribution in [-0.2, 0) is 18.3 Å². The first-order chi connectivity index (χ1) is 13.2. The first-order valence-electron chi connectivity index (χ1n) is 9.08. The molecule has 0 bridgehead atoms. The molecule has 2 aromatic heterocycles. The van der Waals surface area contributed by atoms with Gasteiger partial charge in [0.2, 0.25) is 5.91 Å². The molecular weight excluding hydrogens is 340 g/mol. The Morgan fingerprint density at radius 3 is 2.89 bits per heavy atom. The minimum absolute atomic E-state index is 0.0476. The molecular formula is C20H22N6O. The smallest absolute Gasteiger partial charge is 0.220 e. The third kappa shape index (κ3) is 4.13. The van der Waals surface area contributed by atoms with E-state index in [1.807, 2.05) is 37.5 Å². The number of aryl methyl sites for hydroxylation is 1. The Morgan fingerprint density at radius 1 is 1.26 bits per heavy atom. The summed E-state index contributed by atoms with van der Waals surface area (Å²) in [5.74, 6) is 1.60. The number of hydrogen-bond donors (Lipinski definition) is 2. The van der Waals surface area contributed by atoms with Crippen molar-refractivity contribution >= 4 is 11.7 Å². The Kier molecular flexibility index (Phi) is 4.82. The molecule has 138 valence electrons. The van der Waals surface area contributed by atoms with Crippen LogP contribution in [0.2, 0.25) is 0 Å². The quantitative estimate of drug-likeness (QED) is 0.727. The molecule has 3 heterocycles. The maximum Gasteiger partial charge on any atom is 0.220 e. The number of carbonyl (C=O) groups is 1. The molecule has 0 radical (unpaired) electrons. The third-order valence-corrected chi connectivity index (χ3v) is 4.73. The van der Waals surface area contributed by atoms with Gasteiger partial charge in [-0.05, 0) is 18.1 Å². The Morgan fingerprint density at radius 2 is 2.11 bits per heavy atom. The van der Waals surface area contributed by atoms with Crippen LogP contribution in [0.4, 0.5) is 5.82 Å². The van der Waals surface area contributed by atoms with Gasteiger partial charge in [-0.1, -0.05) is 30.3 Å². The van der Waals surface area contributed by atoms with E-state index in [0.29, 0.717) is 12.8 Å². The number of amides is 1. The van der Waals surface area contributed by atoms with Gasteiger partial charge in [0.05, 0.1) is 18.3 Å². The van der Waals surface area contributed by atoms with Crippen molar-refractivity contribution in [3.63, 3.8) is 0 Å². The molecule has 27 heavy (non-hydrogen) atoms. The lowest BCUT2D eigenvalue weighted by atomic mass is 9.94. The number of piperidine rings is 1. The molecule has 2 atom stereocenters. The third-order valence-electron chi connectivity index (χ3n) is 4.73. The highest BCUT2D eigenvalue weighted by Crippen LogP contribution is 2.26. The van der Waals surface area contributed by atoms with Crippen LogP contribution < -0.4 is 10.6 Å². The molecule has 1 fully saturated rings. The molecule has 1 saturated heterocycles. The van der Waals surface area contributed by atoms with Gasteiger partial charge in [-0.2, -0.15) is 5.10 Å². The number of carbonyl (C=O) groups excluding carboxylic acids is 1. The van der Waals surface area contributed by atoms with E-state index in [1.165, 1.54) is 5.56 Å². The van der Waals surface area contributed by atoms with Gasteiger partial charge in [0.1, 0.15) is 11.6 Å². The van der Waals surface area contributed by atoms with E-state index < -0.39 is 0 Å². The zero-order chi connectivity index (χ0) is 18.6. The predicted molar refractivity (Wildman–Crippen MR) is 102 cm³/mol. The molecule has 1 amide bonds. The summed E-state index contributed by atoms with van der Waals surface area (Å²) in [6.45, 7) is 0. The standard InChI is InChI=1S/C20H22N6O/c1-26-13-15(12-22-26)20-16(7-8-19(27)25-20)23-17-9-10-21-18(24-17)11-14-5-3-2-4-6-14/h2-6,9-10,12-13,16,20H,7-8,11H2,1H3,(H,25,27)(H,21,23,24)/t16-,20+/m1/s1.